The SMILES string of the molecule is C[C@@H]1[C@@H](C)[C@H](c2cccc(F)c2)O[C@@H]1c1cccc(O)c1. The summed E-state index contributed by atoms with van der Waals surface area (Å²) in [6.45, 7) is 4.27. The third kappa shape index (κ3) is 2.66. The molecule has 4 atom stereocenters. The molecule has 0 unspecified atom stereocenters. The summed E-state index contributed by atoms with van der Waals surface area (Å²) in [5.74, 6) is 0.570. The van der Waals surface area contributed by atoms with E-state index in [9.17, 15) is 9.50 Å². The molecule has 0 amide bonds. The lowest BCUT2D eigenvalue weighted by molar-refractivity contribution is 0.0288. The molecule has 2 aromatic carbocycles. The van der Waals surface area contributed by atoms with Gasteiger partial charge in [0.1, 0.15) is 11.6 Å². The Morgan fingerprint density at radius 2 is 1.48 bits per heavy atom. The van der Waals surface area contributed by atoms with Crippen LogP contribution in [0, 0.1) is 17.7 Å². The topological polar surface area (TPSA) is 29.5 Å². The Bertz CT molecular complexity index is 585. The van der Waals surface area contributed by atoms with Crippen LogP contribution in [0.2, 0.25) is 0 Å². The Hall–Kier alpha value is -1.87. The molecule has 1 aliphatic rings. The molecular weight excluding hydrogens is 267 g/mol. The number of halogens is 1. The smallest absolute Gasteiger partial charge is 0.123 e. The molecule has 0 spiro atoms. The highest BCUT2D eigenvalue weighted by Crippen LogP contribution is 2.49. The minimum atomic E-state index is -0.239. The van der Waals surface area contributed by atoms with Gasteiger partial charge < -0.3 is 9.84 Å². The lowest BCUT2D eigenvalue weighted by Gasteiger charge is -2.16. The first kappa shape index (κ1) is 14.1. The summed E-state index contributed by atoms with van der Waals surface area (Å²) in [5.41, 5.74) is 1.84. The maximum absolute atomic E-state index is 13.4. The van der Waals surface area contributed by atoms with Crippen molar-refractivity contribution in [2.75, 3.05) is 0 Å². The van der Waals surface area contributed by atoms with E-state index in [0.29, 0.717) is 5.92 Å². The second kappa shape index (κ2) is 5.49. The van der Waals surface area contributed by atoms with Crippen molar-refractivity contribution in [3.63, 3.8) is 0 Å². The van der Waals surface area contributed by atoms with Crippen molar-refractivity contribution in [2.45, 2.75) is 26.1 Å². The highest BCUT2D eigenvalue weighted by Gasteiger charge is 2.40. The van der Waals surface area contributed by atoms with Gasteiger partial charge >= 0.3 is 0 Å². The summed E-state index contributed by atoms with van der Waals surface area (Å²) in [7, 11) is 0. The van der Waals surface area contributed by atoms with Gasteiger partial charge in [-0.15, -0.1) is 0 Å². The molecule has 2 aromatic rings. The molecule has 0 aromatic heterocycles. The second-order valence-electron chi connectivity index (χ2n) is 5.85. The van der Waals surface area contributed by atoms with Crippen molar-refractivity contribution in [3.05, 3.63) is 65.5 Å². The Morgan fingerprint density at radius 1 is 0.905 bits per heavy atom. The van der Waals surface area contributed by atoms with Crippen LogP contribution in [0.15, 0.2) is 48.5 Å². The van der Waals surface area contributed by atoms with E-state index in [-0.39, 0.29) is 29.7 Å². The first-order valence-electron chi connectivity index (χ1n) is 7.26. The maximum Gasteiger partial charge on any atom is 0.123 e. The van der Waals surface area contributed by atoms with Crippen molar-refractivity contribution < 1.29 is 14.2 Å². The van der Waals surface area contributed by atoms with E-state index in [2.05, 4.69) is 13.8 Å². The number of phenols is 1. The first-order valence-corrected chi connectivity index (χ1v) is 7.26. The van der Waals surface area contributed by atoms with E-state index in [4.69, 9.17) is 4.74 Å². The van der Waals surface area contributed by atoms with Crippen LogP contribution in [-0.4, -0.2) is 5.11 Å². The molecular formula is C18H19FO2. The van der Waals surface area contributed by atoms with Gasteiger partial charge in [-0.3, -0.25) is 0 Å². The monoisotopic (exact) mass is 286 g/mol. The summed E-state index contributed by atoms with van der Waals surface area (Å²) in [6, 6.07) is 13.8. The fraction of sp³-hybridized carbons (Fsp3) is 0.333. The average Bonchev–Trinajstić information content (AvgIpc) is 2.75. The first-order chi connectivity index (χ1) is 10.1. The van der Waals surface area contributed by atoms with E-state index in [0.717, 1.165) is 11.1 Å². The molecule has 0 saturated carbocycles. The molecule has 3 heteroatoms. The predicted octanol–water partition coefficient (Wildman–Crippen LogP) is 4.62. The zero-order valence-electron chi connectivity index (χ0n) is 12.2. The molecule has 0 aliphatic carbocycles. The van der Waals surface area contributed by atoms with E-state index in [1.165, 1.54) is 6.07 Å². The number of ether oxygens (including phenoxy) is 1. The van der Waals surface area contributed by atoms with Gasteiger partial charge in [0.2, 0.25) is 0 Å². The number of aromatic hydroxyl groups is 1. The van der Waals surface area contributed by atoms with E-state index < -0.39 is 0 Å². The maximum atomic E-state index is 13.4. The third-order valence-electron chi connectivity index (χ3n) is 4.45. The fourth-order valence-corrected chi connectivity index (χ4v) is 3.11. The summed E-state index contributed by atoms with van der Waals surface area (Å²) >= 11 is 0. The quantitative estimate of drug-likeness (QED) is 0.873. The highest BCUT2D eigenvalue weighted by molar-refractivity contribution is 5.30. The molecule has 1 N–H and O–H groups in total. The zero-order valence-corrected chi connectivity index (χ0v) is 12.2. The van der Waals surface area contributed by atoms with Crippen LogP contribution < -0.4 is 0 Å². The van der Waals surface area contributed by atoms with Gasteiger partial charge in [-0.1, -0.05) is 38.1 Å². The summed E-state index contributed by atoms with van der Waals surface area (Å²) in [4.78, 5) is 0. The van der Waals surface area contributed by atoms with Crippen molar-refractivity contribution in [1.29, 1.82) is 0 Å². The van der Waals surface area contributed by atoms with E-state index >= 15 is 0 Å². The van der Waals surface area contributed by atoms with Crippen molar-refractivity contribution in [2.24, 2.45) is 11.8 Å². The van der Waals surface area contributed by atoms with Gasteiger partial charge in [-0.2, -0.15) is 0 Å². The minimum absolute atomic E-state index is 0.0830. The van der Waals surface area contributed by atoms with Crippen molar-refractivity contribution in [3.8, 4) is 5.75 Å². The zero-order chi connectivity index (χ0) is 15.0. The van der Waals surface area contributed by atoms with Gasteiger partial charge in [0.25, 0.3) is 0 Å². The van der Waals surface area contributed by atoms with Gasteiger partial charge in [-0.05, 0) is 47.2 Å². The molecule has 3 rings (SSSR count). The third-order valence-corrected chi connectivity index (χ3v) is 4.45. The van der Waals surface area contributed by atoms with Crippen molar-refractivity contribution >= 4 is 0 Å². The van der Waals surface area contributed by atoms with Crippen LogP contribution in [0.3, 0.4) is 0 Å². The van der Waals surface area contributed by atoms with Gasteiger partial charge in [0.15, 0.2) is 0 Å². The Labute approximate surface area is 124 Å². The number of hydrogen-bond donors (Lipinski definition) is 1. The van der Waals surface area contributed by atoms with Crippen LogP contribution in [0.1, 0.15) is 37.2 Å². The second-order valence-corrected chi connectivity index (χ2v) is 5.85. The molecule has 1 aliphatic heterocycles. The molecule has 21 heavy (non-hydrogen) atoms. The molecule has 1 heterocycles. The predicted molar refractivity (Wildman–Crippen MR) is 79.4 cm³/mol. The largest absolute Gasteiger partial charge is 0.508 e. The Balaban J connectivity index is 1.90. The molecule has 0 bridgehead atoms. The normalized spacial score (nSPS) is 28.7. The average molecular weight is 286 g/mol. The molecule has 110 valence electrons. The standard InChI is InChI=1S/C18H19FO2/c1-11-12(2)18(14-6-4-8-16(20)10-14)21-17(11)13-5-3-7-15(19)9-13/h3-12,17-18,20H,1-2H3/t11-,12-,17-,18+/m1/s1. The Kier molecular flexibility index (Phi) is 3.68. The number of phenolic OH excluding ortho intramolecular Hbond substituents is 1. The van der Waals surface area contributed by atoms with Gasteiger partial charge in [0, 0.05) is 0 Å². The van der Waals surface area contributed by atoms with E-state index in [1.54, 1.807) is 24.3 Å². The minimum Gasteiger partial charge on any atom is -0.508 e. The van der Waals surface area contributed by atoms with Crippen LogP contribution in [-0.2, 0) is 4.74 Å². The molecule has 2 nitrogen and oxygen atoms in total. The molecule has 0 radical (unpaired) electrons. The summed E-state index contributed by atoms with van der Waals surface area (Å²) < 4.78 is 19.6. The molecule has 1 saturated heterocycles. The summed E-state index contributed by atoms with van der Waals surface area (Å²) in [5, 5.41) is 9.64. The lowest BCUT2D eigenvalue weighted by Crippen LogP contribution is -2.09. The summed E-state index contributed by atoms with van der Waals surface area (Å²) in [6.07, 6.45) is -0.205. The molecule has 1 fully saturated rings. The lowest BCUT2D eigenvalue weighted by atomic mass is 9.85. The van der Waals surface area contributed by atoms with E-state index in [1.807, 2.05) is 18.2 Å². The van der Waals surface area contributed by atoms with Gasteiger partial charge in [0.05, 0.1) is 12.2 Å². The fourth-order valence-electron chi connectivity index (χ4n) is 3.11. The Morgan fingerprint density at radius 3 is 2.05 bits per heavy atom. The van der Waals surface area contributed by atoms with Crippen LogP contribution in [0.5, 0.6) is 5.75 Å². The van der Waals surface area contributed by atoms with Crippen LogP contribution in [0.25, 0.3) is 0 Å². The number of benzene rings is 2. The van der Waals surface area contributed by atoms with Crippen LogP contribution in [0.4, 0.5) is 4.39 Å². The number of rotatable bonds is 2. The number of hydrogen-bond acceptors (Lipinski definition) is 2. The van der Waals surface area contributed by atoms with Crippen molar-refractivity contribution in [1.82, 2.24) is 0 Å². The highest BCUT2D eigenvalue weighted by atomic mass is 19.1. The van der Waals surface area contributed by atoms with Crippen LogP contribution >= 0.6 is 0 Å². The van der Waals surface area contributed by atoms with Gasteiger partial charge in [-0.25, -0.2) is 4.39 Å².